The molecule has 0 saturated carbocycles. The number of anilines is 1. The van der Waals surface area contributed by atoms with E-state index >= 15 is 0 Å². The fraction of sp³-hybridized carbons (Fsp3) is 0.409. The summed E-state index contributed by atoms with van der Waals surface area (Å²) in [5.74, 6) is -0.287. The Bertz CT molecular complexity index is 928. The van der Waals surface area contributed by atoms with Gasteiger partial charge in [-0.25, -0.2) is 9.18 Å². The van der Waals surface area contributed by atoms with Crippen LogP contribution in [0.5, 0.6) is 5.75 Å². The average Bonchev–Trinajstić information content (AvgIpc) is 2.62. The first-order valence-corrected chi connectivity index (χ1v) is 9.62. The van der Waals surface area contributed by atoms with Crippen molar-refractivity contribution in [3.8, 4) is 5.75 Å². The van der Waals surface area contributed by atoms with Crippen LogP contribution in [-0.4, -0.2) is 22.8 Å². The number of halogens is 1. The van der Waals surface area contributed by atoms with Crippen LogP contribution in [-0.2, 0) is 12.8 Å². The molecule has 1 heterocycles. The molecule has 2 atom stereocenters. The van der Waals surface area contributed by atoms with Crippen LogP contribution in [0.4, 0.5) is 14.9 Å². The van der Waals surface area contributed by atoms with Gasteiger partial charge in [-0.3, -0.25) is 4.90 Å². The van der Waals surface area contributed by atoms with E-state index < -0.39 is 29.6 Å². The molecule has 0 fully saturated rings. The molecule has 2 aromatic rings. The third-order valence-electron chi connectivity index (χ3n) is 5.66. The summed E-state index contributed by atoms with van der Waals surface area (Å²) < 4.78 is 20.4. The van der Waals surface area contributed by atoms with E-state index in [0.29, 0.717) is 30.5 Å². The van der Waals surface area contributed by atoms with Gasteiger partial charge in [0.25, 0.3) is 0 Å². The summed E-state index contributed by atoms with van der Waals surface area (Å²) in [6, 6.07) is 9.45. The van der Waals surface area contributed by atoms with Crippen molar-refractivity contribution in [3.05, 3.63) is 58.9 Å². The fourth-order valence-electron chi connectivity index (χ4n) is 4.44. The highest BCUT2D eigenvalue weighted by Gasteiger charge is 2.41. The molecule has 0 bridgehead atoms. The Morgan fingerprint density at radius 1 is 1.29 bits per heavy atom. The monoisotopic (exact) mass is 384 g/mol. The van der Waals surface area contributed by atoms with Crippen LogP contribution < -0.4 is 15.4 Å². The number of para-hydroxylation sites is 1. The molecule has 0 radical (unpaired) electrons. The summed E-state index contributed by atoms with van der Waals surface area (Å²) >= 11 is 0. The molecule has 2 aromatic carbocycles. The number of fused-ring (bicyclic) bond motifs is 2. The van der Waals surface area contributed by atoms with Crippen molar-refractivity contribution >= 4 is 11.7 Å². The number of carbonyl (C=O) groups is 1. The van der Waals surface area contributed by atoms with Crippen LogP contribution >= 0.6 is 0 Å². The number of hydrogen-bond donors (Lipinski definition) is 2. The van der Waals surface area contributed by atoms with Crippen molar-refractivity contribution < 1.29 is 19.0 Å². The van der Waals surface area contributed by atoms with E-state index in [-0.39, 0.29) is 5.75 Å². The maximum atomic E-state index is 14.5. The number of nitrogens with two attached hydrogens (primary N) is 1. The predicted molar refractivity (Wildman–Crippen MR) is 105 cm³/mol. The lowest BCUT2D eigenvalue weighted by molar-refractivity contribution is 0.0668. The second-order valence-electron chi connectivity index (χ2n) is 8.26. The van der Waals surface area contributed by atoms with Gasteiger partial charge in [0.1, 0.15) is 5.60 Å². The Kier molecular flexibility index (Phi) is 4.54. The van der Waals surface area contributed by atoms with Gasteiger partial charge in [0, 0.05) is 24.1 Å². The Morgan fingerprint density at radius 2 is 2.04 bits per heavy atom. The number of ether oxygens (including phenoxy) is 1. The molecule has 0 aromatic heterocycles. The van der Waals surface area contributed by atoms with Gasteiger partial charge < -0.3 is 15.6 Å². The van der Waals surface area contributed by atoms with Gasteiger partial charge in [-0.05, 0) is 49.9 Å². The molecule has 0 saturated heterocycles. The third kappa shape index (κ3) is 3.22. The quantitative estimate of drug-likeness (QED) is 0.825. The highest BCUT2D eigenvalue weighted by molar-refractivity contribution is 5.93. The number of primary amides is 1. The molecule has 148 valence electrons. The maximum Gasteiger partial charge on any atom is 0.319 e. The molecule has 1 aliphatic heterocycles. The van der Waals surface area contributed by atoms with E-state index in [2.05, 4.69) is 0 Å². The number of aliphatic hydroxyl groups excluding tert-OH is 1. The number of urea groups is 1. The molecule has 1 aliphatic carbocycles. The van der Waals surface area contributed by atoms with Gasteiger partial charge in [-0.15, -0.1) is 0 Å². The fourth-order valence-corrected chi connectivity index (χ4v) is 4.44. The highest BCUT2D eigenvalue weighted by atomic mass is 19.1. The minimum Gasteiger partial charge on any atom is -0.484 e. The Hall–Kier alpha value is -2.60. The highest BCUT2D eigenvalue weighted by Crippen LogP contribution is 2.46. The number of amides is 2. The lowest BCUT2D eigenvalue weighted by Crippen LogP contribution is -2.46. The van der Waals surface area contributed by atoms with Crippen LogP contribution in [0, 0.1) is 5.82 Å². The first-order chi connectivity index (χ1) is 13.3. The second kappa shape index (κ2) is 6.78. The van der Waals surface area contributed by atoms with Crippen molar-refractivity contribution in [1.82, 2.24) is 0 Å². The van der Waals surface area contributed by atoms with Crippen molar-refractivity contribution in [2.45, 2.75) is 57.3 Å². The second-order valence-corrected chi connectivity index (χ2v) is 8.26. The predicted octanol–water partition coefficient (Wildman–Crippen LogP) is 3.86. The number of nitrogens with zero attached hydrogens (tertiary/aromatic N) is 1. The van der Waals surface area contributed by atoms with E-state index in [0.717, 1.165) is 17.5 Å². The van der Waals surface area contributed by atoms with Gasteiger partial charge in [-0.1, -0.05) is 24.3 Å². The third-order valence-corrected chi connectivity index (χ3v) is 5.66. The van der Waals surface area contributed by atoms with Crippen LogP contribution in [0.25, 0.3) is 0 Å². The smallest absolute Gasteiger partial charge is 0.319 e. The number of aryl methyl sites for hydroxylation is 1. The summed E-state index contributed by atoms with van der Waals surface area (Å²) in [5, 5.41) is 10.2. The first kappa shape index (κ1) is 18.7. The number of carbonyl (C=O) groups excluding carboxylic acids is 1. The van der Waals surface area contributed by atoms with Crippen molar-refractivity contribution in [2.75, 3.05) is 4.90 Å². The number of benzene rings is 2. The van der Waals surface area contributed by atoms with E-state index in [1.807, 2.05) is 32.0 Å². The largest absolute Gasteiger partial charge is 0.484 e. The molecule has 2 aliphatic rings. The zero-order valence-electron chi connectivity index (χ0n) is 16.1. The molecule has 3 N–H and O–H groups in total. The molecule has 0 unspecified atom stereocenters. The van der Waals surface area contributed by atoms with E-state index in [1.165, 1.54) is 6.07 Å². The van der Waals surface area contributed by atoms with Gasteiger partial charge >= 0.3 is 6.03 Å². The Labute approximate surface area is 163 Å². The number of hydrogen-bond acceptors (Lipinski definition) is 3. The van der Waals surface area contributed by atoms with E-state index in [4.69, 9.17) is 10.5 Å². The minimum absolute atomic E-state index is 0.167. The lowest BCUT2D eigenvalue weighted by Gasteiger charge is -2.43. The summed E-state index contributed by atoms with van der Waals surface area (Å²) in [4.78, 5) is 14.2. The molecule has 4 rings (SSSR count). The van der Waals surface area contributed by atoms with Gasteiger partial charge in [0.2, 0.25) is 0 Å². The average molecular weight is 384 g/mol. The van der Waals surface area contributed by atoms with Gasteiger partial charge in [0.05, 0.1) is 12.1 Å². The van der Waals surface area contributed by atoms with Crippen LogP contribution in [0.3, 0.4) is 0 Å². The molecule has 2 amide bonds. The molecule has 28 heavy (non-hydrogen) atoms. The van der Waals surface area contributed by atoms with Crippen molar-refractivity contribution in [1.29, 1.82) is 0 Å². The Balaban J connectivity index is 1.87. The van der Waals surface area contributed by atoms with E-state index in [1.54, 1.807) is 17.0 Å². The lowest BCUT2D eigenvalue weighted by atomic mass is 9.85. The molecular formula is C22H25FN2O3. The summed E-state index contributed by atoms with van der Waals surface area (Å²) in [5.41, 5.74) is 8.51. The Morgan fingerprint density at radius 3 is 2.79 bits per heavy atom. The minimum atomic E-state index is -0.665. The van der Waals surface area contributed by atoms with Crippen molar-refractivity contribution in [3.63, 3.8) is 0 Å². The van der Waals surface area contributed by atoms with Crippen LogP contribution in [0.2, 0.25) is 0 Å². The first-order valence-electron chi connectivity index (χ1n) is 9.62. The molecule has 0 spiro atoms. The maximum absolute atomic E-state index is 14.5. The molecular weight excluding hydrogens is 359 g/mol. The van der Waals surface area contributed by atoms with Crippen LogP contribution in [0.1, 0.15) is 49.4 Å². The SMILES string of the molecule is CC1(C)C[C@@H](N(C(N)=O)c2cccc3c2C[C@H](O)CC3)c2cccc(F)c2O1. The topological polar surface area (TPSA) is 75.8 Å². The zero-order chi connectivity index (χ0) is 20.1. The molecule has 5 nitrogen and oxygen atoms in total. The summed E-state index contributed by atoms with van der Waals surface area (Å²) in [6.45, 7) is 3.75. The van der Waals surface area contributed by atoms with E-state index in [9.17, 15) is 14.3 Å². The van der Waals surface area contributed by atoms with Crippen molar-refractivity contribution in [2.24, 2.45) is 5.73 Å². The standard InChI is InChI=1S/C22H25FN2O3/c1-22(2)12-19(15-6-4-7-17(23)20(15)28-22)25(21(24)27)18-8-3-5-13-9-10-14(26)11-16(13)18/h3-8,14,19,26H,9-12H2,1-2H3,(H2,24,27)/t14-,19-/m1/s1. The van der Waals surface area contributed by atoms with Gasteiger partial charge in [0.15, 0.2) is 11.6 Å². The summed E-state index contributed by atoms with van der Waals surface area (Å²) in [6.07, 6.45) is 1.95. The molecule has 6 heteroatoms. The number of aliphatic hydroxyl groups is 1. The zero-order valence-corrected chi connectivity index (χ0v) is 16.1. The number of rotatable bonds is 2. The van der Waals surface area contributed by atoms with Gasteiger partial charge in [-0.2, -0.15) is 0 Å². The van der Waals surface area contributed by atoms with Crippen LogP contribution in [0.15, 0.2) is 36.4 Å². The normalized spacial score (nSPS) is 22.6. The summed E-state index contributed by atoms with van der Waals surface area (Å²) in [7, 11) is 0.